The number of carbonyl (C=O) groups excluding carboxylic acids is 1. The van der Waals surface area contributed by atoms with E-state index in [0.29, 0.717) is 6.54 Å². The van der Waals surface area contributed by atoms with Gasteiger partial charge in [0.25, 0.3) is 0 Å². The number of hydrogen-bond donors (Lipinski definition) is 2. The first-order valence-electron chi connectivity index (χ1n) is 3.18. The van der Waals surface area contributed by atoms with E-state index >= 15 is 0 Å². The predicted molar refractivity (Wildman–Crippen MR) is 42.7 cm³/mol. The second kappa shape index (κ2) is 5.51. The second-order valence-corrected chi connectivity index (χ2v) is 1.87. The molecule has 2 N–H and O–H groups in total. The minimum Gasteiger partial charge on any atom is -0.391 e. The Kier molecular flexibility index (Phi) is 4.87. The van der Waals surface area contributed by atoms with E-state index < -0.39 is 0 Å². The molecule has 0 aromatic carbocycles. The van der Waals surface area contributed by atoms with Crippen LogP contribution in [0.15, 0.2) is 12.2 Å². The van der Waals surface area contributed by atoms with E-state index in [1.54, 1.807) is 6.92 Å². The first-order chi connectivity index (χ1) is 5.22. The topological polar surface area (TPSA) is 49.3 Å². The summed E-state index contributed by atoms with van der Waals surface area (Å²) in [5.74, 6) is 4.92. The van der Waals surface area contributed by atoms with E-state index in [0.717, 1.165) is 0 Å². The van der Waals surface area contributed by atoms with Crippen LogP contribution < -0.4 is 5.32 Å². The van der Waals surface area contributed by atoms with Crippen molar-refractivity contribution in [1.82, 2.24) is 5.32 Å². The first-order valence-corrected chi connectivity index (χ1v) is 3.18. The van der Waals surface area contributed by atoms with Gasteiger partial charge in [-0.15, -0.1) is 5.92 Å². The Morgan fingerprint density at radius 2 is 2.36 bits per heavy atom. The molecule has 0 fully saturated rings. The Labute approximate surface area is 66.1 Å². The maximum Gasteiger partial charge on any atom is 0.249 e. The number of amides is 1. The molecule has 0 bridgehead atoms. The molecular weight excluding hydrogens is 142 g/mol. The molecule has 0 aliphatic rings. The maximum atomic E-state index is 10.8. The van der Waals surface area contributed by atoms with Crippen LogP contribution in [-0.4, -0.2) is 24.2 Å². The van der Waals surface area contributed by atoms with Gasteiger partial charge in [0.05, 0.1) is 13.2 Å². The monoisotopic (exact) mass is 153 g/mol. The van der Waals surface area contributed by atoms with Gasteiger partial charge >= 0.3 is 0 Å². The van der Waals surface area contributed by atoms with Crippen LogP contribution in [0.3, 0.4) is 0 Å². The van der Waals surface area contributed by atoms with Gasteiger partial charge in [0, 0.05) is 5.57 Å². The van der Waals surface area contributed by atoms with Crippen molar-refractivity contribution in [1.29, 1.82) is 0 Å². The zero-order valence-electron chi connectivity index (χ0n) is 6.48. The normalized spacial score (nSPS) is 7.82. The summed E-state index contributed by atoms with van der Waals surface area (Å²) in [6.45, 7) is 5.01. The number of carbonyl (C=O) groups is 1. The molecule has 0 aliphatic carbocycles. The standard InChI is InChI=1S/C8H11NO2/c1-3-4-5-9-8(11)7(2)6-10/h10H,2,5-6H2,1H3,(H,9,11). The third-order valence-electron chi connectivity index (χ3n) is 1.03. The van der Waals surface area contributed by atoms with Crippen molar-refractivity contribution in [2.24, 2.45) is 0 Å². The van der Waals surface area contributed by atoms with Crippen molar-refractivity contribution in [2.75, 3.05) is 13.2 Å². The third kappa shape index (κ3) is 4.18. The highest BCUT2D eigenvalue weighted by Crippen LogP contribution is 1.85. The fraction of sp³-hybridized carbons (Fsp3) is 0.375. The number of hydrogen-bond acceptors (Lipinski definition) is 2. The fourth-order valence-electron chi connectivity index (χ4n) is 0.410. The van der Waals surface area contributed by atoms with Crippen molar-refractivity contribution in [2.45, 2.75) is 6.92 Å². The number of aliphatic hydroxyl groups excluding tert-OH is 1. The molecule has 3 heteroatoms. The lowest BCUT2D eigenvalue weighted by atomic mass is 10.3. The van der Waals surface area contributed by atoms with E-state index in [4.69, 9.17) is 5.11 Å². The van der Waals surface area contributed by atoms with Gasteiger partial charge in [-0.1, -0.05) is 12.5 Å². The average Bonchev–Trinajstić information content (AvgIpc) is 2.03. The largest absolute Gasteiger partial charge is 0.391 e. The molecule has 0 aromatic heterocycles. The molecule has 0 saturated carbocycles. The van der Waals surface area contributed by atoms with Gasteiger partial charge in [0.1, 0.15) is 0 Å². The number of nitrogens with one attached hydrogen (secondary N) is 1. The van der Waals surface area contributed by atoms with Crippen LogP contribution in [0.2, 0.25) is 0 Å². The minimum atomic E-state index is -0.352. The van der Waals surface area contributed by atoms with Crippen LogP contribution in [-0.2, 0) is 4.79 Å². The molecule has 0 radical (unpaired) electrons. The summed E-state index contributed by atoms with van der Waals surface area (Å²) in [6, 6.07) is 0. The van der Waals surface area contributed by atoms with Crippen molar-refractivity contribution < 1.29 is 9.90 Å². The molecule has 0 heterocycles. The van der Waals surface area contributed by atoms with E-state index in [9.17, 15) is 4.79 Å². The molecule has 3 nitrogen and oxygen atoms in total. The lowest BCUT2D eigenvalue weighted by Gasteiger charge is -1.99. The van der Waals surface area contributed by atoms with Crippen molar-refractivity contribution >= 4 is 5.91 Å². The van der Waals surface area contributed by atoms with Crippen molar-refractivity contribution in [3.8, 4) is 11.8 Å². The Morgan fingerprint density at radius 1 is 1.73 bits per heavy atom. The predicted octanol–water partition coefficient (Wildman–Crippen LogP) is -0.326. The van der Waals surface area contributed by atoms with Crippen LogP contribution in [0.1, 0.15) is 6.92 Å². The molecular formula is C8H11NO2. The van der Waals surface area contributed by atoms with Gasteiger partial charge in [0.15, 0.2) is 0 Å². The van der Waals surface area contributed by atoms with Crippen LogP contribution in [0.5, 0.6) is 0 Å². The summed E-state index contributed by atoms with van der Waals surface area (Å²) in [4.78, 5) is 10.8. The van der Waals surface area contributed by atoms with Gasteiger partial charge < -0.3 is 10.4 Å². The Hall–Kier alpha value is -1.27. The Balaban J connectivity index is 3.67. The Morgan fingerprint density at radius 3 is 2.82 bits per heavy atom. The third-order valence-corrected chi connectivity index (χ3v) is 1.03. The van der Waals surface area contributed by atoms with E-state index in [2.05, 4.69) is 23.7 Å². The van der Waals surface area contributed by atoms with Crippen LogP contribution in [0, 0.1) is 11.8 Å². The second-order valence-electron chi connectivity index (χ2n) is 1.87. The highest BCUT2D eigenvalue weighted by atomic mass is 16.3. The fourth-order valence-corrected chi connectivity index (χ4v) is 0.410. The molecule has 1 amide bonds. The average molecular weight is 153 g/mol. The van der Waals surface area contributed by atoms with Crippen molar-refractivity contribution in [3.05, 3.63) is 12.2 Å². The highest BCUT2D eigenvalue weighted by molar-refractivity contribution is 5.93. The molecule has 0 spiro atoms. The van der Waals surface area contributed by atoms with Gasteiger partial charge in [-0.3, -0.25) is 4.79 Å². The van der Waals surface area contributed by atoms with E-state index in [1.807, 2.05) is 0 Å². The molecule has 60 valence electrons. The zero-order chi connectivity index (χ0) is 8.69. The molecule has 0 rings (SSSR count). The Bertz CT molecular complexity index is 210. The summed E-state index contributed by atoms with van der Waals surface area (Å²) in [6.07, 6.45) is 0. The maximum absolute atomic E-state index is 10.8. The van der Waals surface area contributed by atoms with Crippen LogP contribution >= 0.6 is 0 Å². The molecule has 0 aromatic rings. The van der Waals surface area contributed by atoms with Gasteiger partial charge in [-0.05, 0) is 6.92 Å². The van der Waals surface area contributed by atoms with Crippen LogP contribution in [0.25, 0.3) is 0 Å². The van der Waals surface area contributed by atoms with Gasteiger partial charge in [-0.2, -0.15) is 0 Å². The lowest BCUT2D eigenvalue weighted by Crippen LogP contribution is -2.26. The van der Waals surface area contributed by atoms with E-state index in [1.165, 1.54) is 0 Å². The molecule has 0 aliphatic heterocycles. The summed E-state index contributed by atoms with van der Waals surface area (Å²) in [5.41, 5.74) is 0.155. The summed E-state index contributed by atoms with van der Waals surface area (Å²) >= 11 is 0. The minimum absolute atomic E-state index is 0.155. The highest BCUT2D eigenvalue weighted by Gasteiger charge is 2.01. The smallest absolute Gasteiger partial charge is 0.249 e. The summed E-state index contributed by atoms with van der Waals surface area (Å²) in [7, 11) is 0. The summed E-state index contributed by atoms with van der Waals surface area (Å²) < 4.78 is 0. The summed E-state index contributed by atoms with van der Waals surface area (Å²) in [5, 5.41) is 10.9. The SMILES string of the molecule is C=C(CO)C(=O)NCC#CC. The van der Waals surface area contributed by atoms with Crippen molar-refractivity contribution in [3.63, 3.8) is 0 Å². The quantitative estimate of drug-likeness (QED) is 0.431. The molecule has 0 saturated heterocycles. The number of rotatable bonds is 3. The molecule has 11 heavy (non-hydrogen) atoms. The molecule has 0 unspecified atom stereocenters. The molecule has 0 atom stereocenters. The lowest BCUT2D eigenvalue weighted by molar-refractivity contribution is -0.117. The number of aliphatic hydroxyl groups is 1. The zero-order valence-corrected chi connectivity index (χ0v) is 6.48. The first kappa shape index (κ1) is 9.73. The van der Waals surface area contributed by atoms with E-state index in [-0.39, 0.29) is 18.1 Å². The van der Waals surface area contributed by atoms with Crippen LogP contribution in [0.4, 0.5) is 0 Å². The van der Waals surface area contributed by atoms with Gasteiger partial charge in [0.2, 0.25) is 5.91 Å². The van der Waals surface area contributed by atoms with Gasteiger partial charge in [-0.25, -0.2) is 0 Å².